The van der Waals surface area contributed by atoms with Gasteiger partial charge in [-0.25, -0.2) is 8.78 Å². The van der Waals surface area contributed by atoms with E-state index in [2.05, 4.69) is 21.2 Å². The Kier molecular flexibility index (Phi) is 4.20. The zero-order valence-electron chi connectivity index (χ0n) is 10.7. The molecule has 19 heavy (non-hydrogen) atoms. The van der Waals surface area contributed by atoms with Crippen LogP contribution in [0.25, 0.3) is 0 Å². The first-order valence-electron chi connectivity index (χ1n) is 6.12. The fourth-order valence-electron chi connectivity index (χ4n) is 2.25. The molecule has 1 amide bonds. The van der Waals surface area contributed by atoms with Crippen molar-refractivity contribution in [2.45, 2.75) is 32.4 Å². The Bertz CT molecular complexity index is 484. The van der Waals surface area contributed by atoms with Crippen molar-refractivity contribution in [3.8, 4) is 0 Å². The van der Waals surface area contributed by atoms with Crippen molar-refractivity contribution in [3.63, 3.8) is 0 Å². The second-order valence-corrected chi connectivity index (χ2v) is 5.79. The van der Waals surface area contributed by atoms with E-state index >= 15 is 0 Å². The third-order valence-corrected chi connectivity index (χ3v) is 3.45. The van der Waals surface area contributed by atoms with Crippen LogP contribution in [0.15, 0.2) is 16.6 Å². The topological polar surface area (TPSA) is 32.3 Å². The van der Waals surface area contributed by atoms with Crippen molar-refractivity contribution >= 4 is 27.5 Å². The molecule has 104 valence electrons. The quantitative estimate of drug-likeness (QED) is 0.923. The first-order valence-corrected chi connectivity index (χ1v) is 6.91. The van der Waals surface area contributed by atoms with E-state index in [0.717, 1.165) is 12.1 Å². The van der Waals surface area contributed by atoms with Crippen LogP contribution in [0.5, 0.6) is 0 Å². The Balaban J connectivity index is 2.27. The van der Waals surface area contributed by atoms with E-state index in [1.807, 2.05) is 13.8 Å². The molecule has 2 rings (SSSR count). The molecule has 1 unspecified atom stereocenters. The molecule has 1 atom stereocenters. The average Bonchev–Trinajstić information content (AvgIpc) is 2.60. The van der Waals surface area contributed by atoms with E-state index in [0.29, 0.717) is 17.4 Å². The van der Waals surface area contributed by atoms with Gasteiger partial charge in [-0.1, -0.05) is 29.8 Å². The lowest BCUT2D eigenvalue weighted by atomic mass is 10.2. The van der Waals surface area contributed by atoms with Gasteiger partial charge in [0.05, 0.1) is 6.04 Å². The summed E-state index contributed by atoms with van der Waals surface area (Å²) in [7, 11) is 0. The minimum absolute atomic E-state index is 0.147. The highest BCUT2D eigenvalue weighted by molar-refractivity contribution is 9.10. The van der Waals surface area contributed by atoms with Gasteiger partial charge in [-0.3, -0.25) is 4.79 Å². The number of benzene rings is 1. The number of carbonyl (C=O) groups is 1. The molecule has 0 bridgehead atoms. The van der Waals surface area contributed by atoms with Gasteiger partial charge in [0, 0.05) is 17.1 Å². The van der Waals surface area contributed by atoms with Gasteiger partial charge in [0.15, 0.2) is 11.6 Å². The summed E-state index contributed by atoms with van der Waals surface area (Å²) in [5, 5.41) is 3.10. The SMILES string of the molecule is CC(C)NC1CCN(c2c(F)cc(Br)cc2F)C1=O. The molecule has 1 aromatic carbocycles. The van der Waals surface area contributed by atoms with E-state index < -0.39 is 11.6 Å². The van der Waals surface area contributed by atoms with Crippen LogP contribution >= 0.6 is 15.9 Å². The zero-order valence-corrected chi connectivity index (χ0v) is 12.3. The van der Waals surface area contributed by atoms with Crippen molar-refractivity contribution in [2.24, 2.45) is 0 Å². The van der Waals surface area contributed by atoms with Crippen LogP contribution < -0.4 is 10.2 Å². The van der Waals surface area contributed by atoms with Crippen molar-refractivity contribution in [2.75, 3.05) is 11.4 Å². The normalized spacial score (nSPS) is 19.6. The first kappa shape index (κ1) is 14.4. The summed E-state index contributed by atoms with van der Waals surface area (Å²) in [5.41, 5.74) is -0.263. The van der Waals surface area contributed by atoms with Crippen LogP contribution in [0.4, 0.5) is 14.5 Å². The van der Waals surface area contributed by atoms with Crippen LogP contribution in [-0.4, -0.2) is 24.5 Å². The van der Waals surface area contributed by atoms with Crippen LogP contribution in [0.1, 0.15) is 20.3 Å². The second-order valence-electron chi connectivity index (χ2n) is 4.87. The van der Waals surface area contributed by atoms with Gasteiger partial charge in [-0.2, -0.15) is 0 Å². The van der Waals surface area contributed by atoms with E-state index in [1.165, 1.54) is 4.90 Å². The summed E-state index contributed by atoms with van der Waals surface area (Å²) in [6.07, 6.45) is 0.548. The molecule has 6 heteroatoms. The molecular weight excluding hydrogens is 318 g/mol. The summed E-state index contributed by atoms with van der Waals surface area (Å²) in [4.78, 5) is 13.3. The summed E-state index contributed by atoms with van der Waals surface area (Å²) < 4.78 is 28.0. The summed E-state index contributed by atoms with van der Waals surface area (Å²) >= 11 is 3.02. The number of hydrogen-bond acceptors (Lipinski definition) is 2. The molecule has 1 heterocycles. The maximum Gasteiger partial charge on any atom is 0.244 e. The minimum atomic E-state index is -0.731. The van der Waals surface area contributed by atoms with Crippen molar-refractivity contribution in [1.82, 2.24) is 5.32 Å². The number of nitrogens with one attached hydrogen (secondary N) is 1. The number of amides is 1. The van der Waals surface area contributed by atoms with Gasteiger partial charge >= 0.3 is 0 Å². The predicted molar refractivity (Wildman–Crippen MR) is 73.1 cm³/mol. The lowest BCUT2D eigenvalue weighted by molar-refractivity contribution is -0.119. The van der Waals surface area contributed by atoms with Crippen LogP contribution in [0.3, 0.4) is 0 Å². The molecule has 0 spiro atoms. The molecule has 1 saturated heterocycles. The Morgan fingerprint density at radius 3 is 2.47 bits per heavy atom. The lowest BCUT2D eigenvalue weighted by Crippen LogP contribution is -2.41. The van der Waals surface area contributed by atoms with Crippen molar-refractivity contribution < 1.29 is 13.6 Å². The fraction of sp³-hybridized carbons (Fsp3) is 0.462. The summed E-state index contributed by atoms with van der Waals surface area (Å²) in [6, 6.07) is 2.10. The van der Waals surface area contributed by atoms with Gasteiger partial charge in [0.2, 0.25) is 5.91 Å². The molecule has 1 N–H and O–H groups in total. The number of anilines is 1. The number of rotatable bonds is 3. The average molecular weight is 333 g/mol. The Morgan fingerprint density at radius 1 is 1.37 bits per heavy atom. The molecule has 3 nitrogen and oxygen atoms in total. The summed E-state index contributed by atoms with van der Waals surface area (Å²) in [6.45, 7) is 4.17. The predicted octanol–water partition coefficient (Wildman–Crippen LogP) is 2.83. The Labute approximate surface area is 119 Å². The zero-order chi connectivity index (χ0) is 14.2. The Morgan fingerprint density at radius 2 is 1.95 bits per heavy atom. The van der Waals surface area contributed by atoms with E-state index in [4.69, 9.17) is 0 Å². The Hall–Kier alpha value is -1.01. The monoisotopic (exact) mass is 332 g/mol. The van der Waals surface area contributed by atoms with E-state index in [9.17, 15) is 13.6 Å². The molecule has 1 aromatic rings. The molecule has 0 radical (unpaired) electrons. The van der Waals surface area contributed by atoms with Gasteiger partial charge in [0.25, 0.3) is 0 Å². The highest BCUT2D eigenvalue weighted by Crippen LogP contribution is 2.30. The largest absolute Gasteiger partial charge is 0.306 e. The third-order valence-electron chi connectivity index (χ3n) is 2.99. The number of hydrogen-bond donors (Lipinski definition) is 1. The molecule has 1 aliphatic heterocycles. The maximum absolute atomic E-state index is 13.8. The van der Waals surface area contributed by atoms with Crippen molar-refractivity contribution in [1.29, 1.82) is 0 Å². The molecule has 1 fully saturated rings. The fourth-order valence-corrected chi connectivity index (χ4v) is 2.65. The van der Waals surface area contributed by atoms with Crippen LogP contribution in [-0.2, 0) is 4.79 Å². The molecular formula is C13H15BrF2N2O. The van der Waals surface area contributed by atoms with E-state index in [-0.39, 0.29) is 23.7 Å². The standard InChI is InChI=1S/C13H15BrF2N2O/c1-7(2)17-11-3-4-18(13(11)19)12-9(15)5-8(14)6-10(12)16/h5-7,11,17H,3-4H2,1-2H3. The van der Waals surface area contributed by atoms with Gasteiger partial charge in [-0.05, 0) is 18.6 Å². The molecule has 1 aliphatic rings. The number of halogens is 3. The molecule has 0 aromatic heterocycles. The first-order chi connectivity index (χ1) is 8.90. The summed E-state index contributed by atoms with van der Waals surface area (Å²) in [5.74, 6) is -1.75. The smallest absolute Gasteiger partial charge is 0.244 e. The van der Waals surface area contributed by atoms with Crippen LogP contribution in [0, 0.1) is 11.6 Å². The number of carbonyl (C=O) groups excluding carboxylic acids is 1. The lowest BCUT2D eigenvalue weighted by Gasteiger charge is -2.19. The van der Waals surface area contributed by atoms with Gasteiger partial charge in [0.1, 0.15) is 5.69 Å². The number of nitrogens with zero attached hydrogens (tertiary/aromatic N) is 1. The highest BCUT2D eigenvalue weighted by Gasteiger charge is 2.35. The van der Waals surface area contributed by atoms with Gasteiger partial charge < -0.3 is 10.2 Å². The minimum Gasteiger partial charge on any atom is -0.306 e. The van der Waals surface area contributed by atoms with Crippen LogP contribution in [0.2, 0.25) is 0 Å². The highest BCUT2D eigenvalue weighted by atomic mass is 79.9. The van der Waals surface area contributed by atoms with E-state index in [1.54, 1.807) is 0 Å². The van der Waals surface area contributed by atoms with Crippen molar-refractivity contribution in [3.05, 3.63) is 28.2 Å². The second kappa shape index (κ2) is 5.54. The molecule has 0 aliphatic carbocycles. The molecule has 0 saturated carbocycles. The van der Waals surface area contributed by atoms with Gasteiger partial charge in [-0.15, -0.1) is 0 Å². The maximum atomic E-state index is 13.8. The third kappa shape index (κ3) is 2.95.